The second kappa shape index (κ2) is 3.51. The summed E-state index contributed by atoms with van der Waals surface area (Å²) in [5, 5.41) is 0. The summed E-state index contributed by atoms with van der Waals surface area (Å²) in [4.78, 5) is 21.6. The molecule has 6 nitrogen and oxygen atoms in total. The van der Waals surface area contributed by atoms with Crippen molar-refractivity contribution < 1.29 is 19.1 Å². The number of esters is 2. The molecule has 0 amide bonds. The van der Waals surface area contributed by atoms with Crippen LogP contribution in [0.1, 0.15) is 12.8 Å². The summed E-state index contributed by atoms with van der Waals surface area (Å²) < 4.78 is 9.18. The third-order valence-electron chi connectivity index (χ3n) is 1.30. The zero-order valence-electron chi connectivity index (χ0n) is 6.36. The van der Waals surface area contributed by atoms with E-state index in [9.17, 15) is 9.59 Å². The summed E-state index contributed by atoms with van der Waals surface area (Å²) in [5.41, 5.74) is 10.5. The zero-order chi connectivity index (χ0) is 9.14. The lowest BCUT2D eigenvalue weighted by molar-refractivity contribution is -0.167. The molecule has 0 aliphatic carbocycles. The highest BCUT2D eigenvalue weighted by molar-refractivity contribution is 5.75. The van der Waals surface area contributed by atoms with Crippen LogP contribution in [-0.2, 0) is 19.1 Å². The van der Waals surface area contributed by atoms with Crippen LogP contribution >= 0.6 is 0 Å². The molecule has 1 rings (SSSR count). The van der Waals surface area contributed by atoms with Gasteiger partial charge in [-0.1, -0.05) is 0 Å². The van der Waals surface area contributed by atoms with Crippen LogP contribution in [0.5, 0.6) is 0 Å². The van der Waals surface area contributed by atoms with Crippen molar-refractivity contribution in [2.45, 2.75) is 25.3 Å². The third-order valence-corrected chi connectivity index (χ3v) is 1.30. The van der Waals surface area contributed by atoms with Gasteiger partial charge in [-0.15, -0.1) is 0 Å². The summed E-state index contributed by atoms with van der Waals surface area (Å²) in [6.45, 7) is 0. The van der Waals surface area contributed by atoms with Gasteiger partial charge in [-0.3, -0.25) is 21.1 Å². The van der Waals surface area contributed by atoms with E-state index in [0.717, 1.165) is 0 Å². The van der Waals surface area contributed by atoms with Crippen LogP contribution in [0, 0.1) is 0 Å². The molecular weight excluding hydrogens is 164 g/mol. The monoisotopic (exact) mass is 174 g/mol. The van der Waals surface area contributed by atoms with E-state index in [1.54, 1.807) is 0 Å². The van der Waals surface area contributed by atoms with Crippen LogP contribution in [0.15, 0.2) is 0 Å². The molecule has 0 bridgehead atoms. The molecule has 0 radical (unpaired) electrons. The first-order chi connectivity index (χ1) is 5.58. The Balaban J connectivity index is 2.57. The predicted molar refractivity (Wildman–Crippen MR) is 37.4 cm³/mol. The Hall–Kier alpha value is -1.14. The lowest BCUT2D eigenvalue weighted by Gasteiger charge is -2.19. The van der Waals surface area contributed by atoms with Crippen molar-refractivity contribution in [3.05, 3.63) is 0 Å². The molecule has 1 saturated heterocycles. The highest BCUT2D eigenvalue weighted by Crippen LogP contribution is 2.05. The topological polar surface area (TPSA) is 105 Å². The van der Waals surface area contributed by atoms with E-state index in [-0.39, 0.29) is 12.8 Å². The molecule has 0 aromatic rings. The third kappa shape index (κ3) is 2.48. The van der Waals surface area contributed by atoms with Crippen LogP contribution in [0.4, 0.5) is 0 Å². The van der Waals surface area contributed by atoms with Crippen molar-refractivity contribution in [2.24, 2.45) is 11.5 Å². The first-order valence-corrected chi connectivity index (χ1v) is 3.48. The van der Waals surface area contributed by atoms with Crippen molar-refractivity contribution in [1.82, 2.24) is 0 Å². The van der Waals surface area contributed by atoms with Crippen molar-refractivity contribution in [2.75, 3.05) is 0 Å². The maximum absolute atomic E-state index is 10.8. The van der Waals surface area contributed by atoms with Crippen molar-refractivity contribution >= 4 is 11.9 Å². The molecule has 0 spiro atoms. The molecule has 0 aromatic heterocycles. The molecule has 68 valence electrons. The minimum atomic E-state index is -0.919. The number of carbonyl (C=O) groups is 2. The lowest BCUT2D eigenvalue weighted by Crippen LogP contribution is -2.39. The fraction of sp³-hybridized carbons (Fsp3) is 0.667. The van der Waals surface area contributed by atoms with E-state index in [2.05, 4.69) is 9.47 Å². The van der Waals surface area contributed by atoms with E-state index < -0.39 is 24.4 Å². The van der Waals surface area contributed by atoms with Gasteiger partial charge in [0.2, 0.25) is 0 Å². The number of ether oxygens (including phenoxy) is 2. The summed E-state index contributed by atoms with van der Waals surface area (Å²) >= 11 is 0. The van der Waals surface area contributed by atoms with Gasteiger partial charge >= 0.3 is 11.9 Å². The summed E-state index contributed by atoms with van der Waals surface area (Å²) in [6, 6.07) is 0. The summed E-state index contributed by atoms with van der Waals surface area (Å²) in [6.07, 6.45) is -2.14. The highest BCUT2D eigenvalue weighted by atomic mass is 16.6. The van der Waals surface area contributed by atoms with Crippen LogP contribution in [0.3, 0.4) is 0 Å². The molecule has 2 atom stereocenters. The summed E-state index contributed by atoms with van der Waals surface area (Å²) in [5.74, 6) is -1.11. The largest absolute Gasteiger partial charge is 0.446 e. The fourth-order valence-electron chi connectivity index (χ4n) is 0.846. The zero-order valence-corrected chi connectivity index (χ0v) is 6.36. The maximum Gasteiger partial charge on any atom is 0.312 e. The smallest absolute Gasteiger partial charge is 0.312 e. The average Bonchev–Trinajstić information content (AvgIpc) is 1.81. The molecule has 0 aromatic carbocycles. The van der Waals surface area contributed by atoms with Gasteiger partial charge in [0.25, 0.3) is 0 Å². The van der Waals surface area contributed by atoms with E-state index in [0.29, 0.717) is 0 Å². The van der Waals surface area contributed by atoms with Crippen LogP contribution in [-0.4, -0.2) is 24.4 Å². The molecule has 1 fully saturated rings. The SMILES string of the molecule is NC1CC(=O)OC(N)CC(=O)O1. The number of carbonyl (C=O) groups excluding carboxylic acids is 2. The van der Waals surface area contributed by atoms with Gasteiger partial charge in [0, 0.05) is 0 Å². The summed E-state index contributed by atoms with van der Waals surface area (Å²) in [7, 11) is 0. The van der Waals surface area contributed by atoms with Gasteiger partial charge in [-0.25, -0.2) is 0 Å². The highest BCUT2D eigenvalue weighted by Gasteiger charge is 2.23. The number of nitrogens with two attached hydrogens (primary N) is 2. The first-order valence-electron chi connectivity index (χ1n) is 3.48. The van der Waals surface area contributed by atoms with Gasteiger partial charge < -0.3 is 9.47 Å². The Morgan fingerprint density at radius 3 is 1.67 bits per heavy atom. The molecule has 6 heteroatoms. The van der Waals surface area contributed by atoms with Crippen LogP contribution in [0.25, 0.3) is 0 Å². The van der Waals surface area contributed by atoms with Gasteiger partial charge in [-0.05, 0) is 0 Å². The Bertz CT molecular complexity index is 168. The number of cyclic esters (lactones) is 2. The van der Waals surface area contributed by atoms with Gasteiger partial charge in [0.05, 0.1) is 12.8 Å². The van der Waals surface area contributed by atoms with Crippen LogP contribution in [0.2, 0.25) is 0 Å². The van der Waals surface area contributed by atoms with E-state index in [4.69, 9.17) is 11.5 Å². The second-order valence-corrected chi connectivity index (χ2v) is 2.46. The van der Waals surface area contributed by atoms with Crippen molar-refractivity contribution in [3.8, 4) is 0 Å². The van der Waals surface area contributed by atoms with Gasteiger partial charge in [-0.2, -0.15) is 0 Å². The Morgan fingerprint density at radius 2 is 1.33 bits per heavy atom. The normalized spacial score (nSPS) is 31.5. The molecule has 1 heterocycles. The molecule has 2 unspecified atom stereocenters. The standard InChI is InChI=1S/C6H10N2O4/c7-3-1-5(9)12-4(8)2-6(10)11-3/h3-4H,1-2,7-8H2. The molecule has 12 heavy (non-hydrogen) atoms. The molecule has 1 aliphatic rings. The second-order valence-electron chi connectivity index (χ2n) is 2.46. The Morgan fingerprint density at radius 1 is 1.00 bits per heavy atom. The minimum absolute atomic E-state index is 0.153. The average molecular weight is 174 g/mol. The first kappa shape index (κ1) is 8.95. The minimum Gasteiger partial charge on any atom is -0.446 e. The number of hydrogen-bond acceptors (Lipinski definition) is 6. The molecule has 1 aliphatic heterocycles. The predicted octanol–water partition coefficient (Wildman–Crippen LogP) is -1.56. The fourth-order valence-corrected chi connectivity index (χ4v) is 0.846. The van der Waals surface area contributed by atoms with Gasteiger partial charge in [0.1, 0.15) is 0 Å². The number of hydrogen-bond donors (Lipinski definition) is 2. The number of rotatable bonds is 0. The quantitative estimate of drug-likeness (QED) is 0.430. The van der Waals surface area contributed by atoms with Crippen LogP contribution < -0.4 is 11.5 Å². The van der Waals surface area contributed by atoms with E-state index in [1.807, 2.05) is 0 Å². The van der Waals surface area contributed by atoms with E-state index >= 15 is 0 Å². The van der Waals surface area contributed by atoms with Crippen molar-refractivity contribution in [3.63, 3.8) is 0 Å². The molecule has 0 saturated carbocycles. The Kier molecular flexibility index (Phi) is 2.61. The lowest BCUT2D eigenvalue weighted by atomic mass is 10.3. The van der Waals surface area contributed by atoms with Crippen molar-refractivity contribution in [1.29, 1.82) is 0 Å². The molecule has 4 N–H and O–H groups in total. The van der Waals surface area contributed by atoms with Gasteiger partial charge in [0.15, 0.2) is 12.5 Å². The molecular formula is C6H10N2O4. The van der Waals surface area contributed by atoms with E-state index in [1.165, 1.54) is 0 Å². The Labute approximate surface area is 68.8 Å². The maximum atomic E-state index is 10.8.